The number of aromatic nitrogens is 1. The van der Waals surface area contributed by atoms with Crippen LogP contribution in [0.25, 0.3) is 10.6 Å². The number of hydrazine groups is 1. The van der Waals surface area contributed by atoms with E-state index in [2.05, 4.69) is 6.92 Å². The second-order valence-electron chi connectivity index (χ2n) is 7.74. The van der Waals surface area contributed by atoms with E-state index in [1.54, 1.807) is 18.2 Å². The predicted octanol–water partition coefficient (Wildman–Crippen LogP) is 5.72. The molecule has 3 rings (SSSR count). The Morgan fingerprint density at radius 1 is 1.18 bits per heavy atom. The van der Waals surface area contributed by atoms with Crippen molar-refractivity contribution in [1.82, 2.24) is 10.4 Å². The molecule has 0 saturated heterocycles. The summed E-state index contributed by atoms with van der Waals surface area (Å²) in [5, 5.41) is 0.744. The topological polar surface area (TPSA) is 77.2 Å². The molecular weight excluding hydrogens is 451 g/mol. The lowest BCUT2D eigenvalue weighted by atomic mass is 10.1. The second kappa shape index (κ2) is 10.9. The molecule has 0 radical (unpaired) electrons. The number of nitrogens with two attached hydrogens (primary N) is 1. The van der Waals surface area contributed by atoms with Gasteiger partial charge in [0.2, 0.25) is 0 Å². The van der Waals surface area contributed by atoms with Crippen LogP contribution < -0.4 is 11.3 Å². The van der Waals surface area contributed by atoms with Crippen LogP contribution in [0.1, 0.15) is 58.7 Å². The molecule has 5 nitrogen and oxygen atoms in total. The molecule has 9 heteroatoms. The number of aryl methyl sites for hydroxylation is 1. The third-order valence-corrected chi connectivity index (χ3v) is 6.22. The van der Waals surface area contributed by atoms with Crippen molar-refractivity contribution in [3.8, 4) is 10.6 Å². The molecule has 0 spiro atoms. The molecule has 33 heavy (non-hydrogen) atoms. The summed E-state index contributed by atoms with van der Waals surface area (Å²) in [6.45, 7) is 3.41. The zero-order valence-corrected chi connectivity index (χ0v) is 19.3. The highest BCUT2D eigenvalue weighted by molar-refractivity contribution is 7.15. The monoisotopic (exact) mass is 477 g/mol. The van der Waals surface area contributed by atoms with Gasteiger partial charge in [0.1, 0.15) is 10.8 Å². The Morgan fingerprint density at radius 2 is 1.91 bits per heavy atom. The standard InChI is InChI=1S/C24H26F3N3O2S/c1-3-4-5-20-21(14-32-13-15-6-11-18(19(25)12-15)22(31)30-28)33-23(29-20)16-7-9-17(10-8-16)24(2,26)27/h6-12H,3-5,13-14,28H2,1-2H3,(H,30,31). The van der Waals surface area contributed by atoms with Gasteiger partial charge in [-0.05, 0) is 30.5 Å². The molecule has 0 unspecified atom stereocenters. The summed E-state index contributed by atoms with van der Waals surface area (Å²) in [5.41, 5.74) is 3.99. The predicted molar refractivity (Wildman–Crippen MR) is 122 cm³/mol. The van der Waals surface area contributed by atoms with Crippen molar-refractivity contribution in [2.45, 2.75) is 52.2 Å². The summed E-state index contributed by atoms with van der Waals surface area (Å²) in [5.74, 6) is 0.778. The fourth-order valence-electron chi connectivity index (χ4n) is 3.24. The average molecular weight is 478 g/mol. The first-order valence-electron chi connectivity index (χ1n) is 10.6. The minimum Gasteiger partial charge on any atom is -0.371 e. The van der Waals surface area contributed by atoms with Crippen LogP contribution in [0.15, 0.2) is 42.5 Å². The van der Waals surface area contributed by atoms with Crippen LogP contribution in [0.4, 0.5) is 13.2 Å². The van der Waals surface area contributed by atoms with Gasteiger partial charge in [0, 0.05) is 18.1 Å². The van der Waals surface area contributed by atoms with Gasteiger partial charge in [-0.25, -0.2) is 24.0 Å². The van der Waals surface area contributed by atoms with E-state index in [-0.39, 0.29) is 24.3 Å². The number of benzene rings is 2. The smallest absolute Gasteiger partial charge is 0.270 e. The van der Waals surface area contributed by atoms with Crippen molar-refractivity contribution in [3.63, 3.8) is 0 Å². The lowest BCUT2D eigenvalue weighted by Crippen LogP contribution is -2.30. The van der Waals surface area contributed by atoms with Gasteiger partial charge in [0.05, 0.1) is 29.3 Å². The largest absolute Gasteiger partial charge is 0.371 e. The number of nitrogens with zero attached hydrogens (tertiary/aromatic N) is 1. The van der Waals surface area contributed by atoms with E-state index in [0.717, 1.165) is 47.3 Å². The van der Waals surface area contributed by atoms with Crippen molar-refractivity contribution in [1.29, 1.82) is 0 Å². The number of carbonyl (C=O) groups excluding carboxylic acids is 1. The number of thiazole rings is 1. The summed E-state index contributed by atoms with van der Waals surface area (Å²) < 4.78 is 46.9. The highest BCUT2D eigenvalue weighted by Gasteiger charge is 2.24. The number of hydrogen-bond donors (Lipinski definition) is 2. The molecule has 0 saturated carbocycles. The van der Waals surface area contributed by atoms with E-state index in [9.17, 15) is 18.0 Å². The summed E-state index contributed by atoms with van der Waals surface area (Å²) in [6.07, 6.45) is 2.76. The van der Waals surface area contributed by atoms with Crippen molar-refractivity contribution in [2.75, 3.05) is 0 Å². The normalized spacial score (nSPS) is 11.6. The molecule has 3 aromatic rings. The number of nitrogens with one attached hydrogen (secondary N) is 1. The molecule has 1 heterocycles. The number of carbonyl (C=O) groups is 1. The first kappa shape index (κ1) is 24.9. The molecule has 2 aromatic carbocycles. The highest BCUT2D eigenvalue weighted by Crippen LogP contribution is 2.33. The molecule has 0 fully saturated rings. The Kier molecular flexibility index (Phi) is 8.23. The van der Waals surface area contributed by atoms with Crippen LogP contribution in [-0.4, -0.2) is 10.9 Å². The van der Waals surface area contributed by atoms with Crippen LogP contribution >= 0.6 is 11.3 Å². The van der Waals surface area contributed by atoms with Crippen LogP contribution in [0.2, 0.25) is 0 Å². The number of hydrogen-bond acceptors (Lipinski definition) is 5. The Bertz CT molecular complexity index is 1100. The summed E-state index contributed by atoms with van der Waals surface area (Å²) >= 11 is 1.46. The van der Waals surface area contributed by atoms with Crippen molar-refractivity contribution >= 4 is 17.2 Å². The molecule has 0 atom stereocenters. The van der Waals surface area contributed by atoms with E-state index in [4.69, 9.17) is 15.6 Å². The Hall–Kier alpha value is -2.75. The fourth-order valence-corrected chi connectivity index (χ4v) is 4.29. The van der Waals surface area contributed by atoms with E-state index >= 15 is 0 Å². The second-order valence-corrected chi connectivity index (χ2v) is 8.82. The van der Waals surface area contributed by atoms with E-state index in [0.29, 0.717) is 5.56 Å². The number of alkyl halides is 2. The lowest BCUT2D eigenvalue weighted by Gasteiger charge is -2.10. The maximum Gasteiger partial charge on any atom is 0.270 e. The van der Waals surface area contributed by atoms with Gasteiger partial charge in [-0.3, -0.25) is 10.2 Å². The van der Waals surface area contributed by atoms with E-state index in [1.165, 1.54) is 35.6 Å². The Morgan fingerprint density at radius 3 is 2.52 bits per heavy atom. The minimum absolute atomic E-state index is 0.0419. The zero-order chi connectivity index (χ0) is 24.0. The van der Waals surface area contributed by atoms with Gasteiger partial charge >= 0.3 is 0 Å². The SMILES string of the molecule is CCCCc1nc(-c2ccc(C(C)(F)F)cc2)sc1COCc1ccc(C(=O)NN)c(F)c1. The average Bonchev–Trinajstić information content (AvgIpc) is 3.19. The van der Waals surface area contributed by atoms with Gasteiger partial charge in [0.25, 0.3) is 11.8 Å². The van der Waals surface area contributed by atoms with Crippen LogP contribution in [-0.2, 0) is 30.3 Å². The van der Waals surface area contributed by atoms with Gasteiger partial charge in [-0.1, -0.05) is 43.7 Å². The lowest BCUT2D eigenvalue weighted by molar-refractivity contribution is 0.0175. The molecule has 1 amide bonds. The van der Waals surface area contributed by atoms with E-state index in [1.807, 2.05) is 5.43 Å². The fraction of sp³-hybridized carbons (Fsp3) is 0.333. The number of amides is 1. The summed E-state index contributed by atoms with van der Waals surface area (Å²) in [6, 6.07) is 10.4. The van der Waals surface area contributed by atoms with Crippen LogP contribution in [0.3, 0.4) is 0 Å². The van der Waals surface area contributed by atoms with Gasteiger partial charge < -0.3 is 4.74 Å². The number of halogens is 3. The van der Waals surface area contributed by atoms with Crippen LogP contribution in [0, 0.1) is 5.82 Å². The number of ether oxygens (including phenoxy) is 1. The maximum absolute atomic E-state index is 14.1. The Balaban J connectivity index is 1.72. The summed E-state index contributed by atoms with van der Waals surface area (Å²) in [4.78, 5) is 17.2. The van der Waals surface area contributed by atoms with Crippen molar-refractivity contribution in [2.24, 2.45) is 5.84 Å². The van der Waals surface area contributed by atoms with Crippen molar-refractivity contribution in [3.05, 3.63) is 75.5 Å². The summed E-state index contributed by atoms with van der Waals surface area (Å²) in [7, 11) is 0. The van der Waals surface area contributed by atoms with Gasteiger partial charge in [0.15, 0.2) is 0 Å². The third-order valence-electron chi connectivity index (χ3n) is 5.10. The van der Waals surface area contributed by atoms with E-state index < -0.39 is 17.6 Å². The molecule has 0 aliphatic carbocycles. The van der Waals surface area contributed by atoms with Gasteiger partial charge in [-0.15, -0.1) is 11.3 Å². The molecule has 1 aromatic heterocycles. The van der Waals surface area contributed by atoms with Gasteiger partial charge in [-0.2, -0.15) is 0 Å². The van der Waals surface area contributed by atoms with Crippen LogP contribution in [0.5, 0.6) is 0 Å². The molecule has 0 aliphatic rings. The highest BCUT2D eigenvalue weighted by atomic mass is 32.1. The molecular formula is C24H26F3N3O2S. The van der Waals surface area contributed by atoms with Crippen molar-refractivity contribution < 1.29 is 22.7 Å². The number of nitrogen functional groups attached to an aromatic ring is 1. The third kappa shape index (κ3) is 6.40. The molecule has 0 bridgehead atoms. The minimum atomic E-state index is -2.89. The first-order chi connectivity index (χ1) is 15.7. The number of rotatable bonds is 10. The quantitative estimate of drug-likeness (QED) is 0.222. The zero-order valence-electron chi connectivity index (χ0n) is 18.5. The first-order valence-corrected chi connectivity index (χ1v) is 11.4. The molecule has 0 aliphatic heterocycles. The number of unbranched alkanes of at least 4 members (excludes halogenated alkanes) is 1. The molecule has 3 N–H and O–H groups in total. The Labute approximate surface area is 194 Å². The maximum atomic E-state index is 14.1. The molecule has 176 valence electrons.